The number of carboxylic acid groups (broad SMARTS) is 1. The van der Waals surface area contributed by atoms with Gasteiger partial charge in [0.05, 0.1) is 5.84 Å². The molecule has 0 fully saturated rings. The van der Waals surface area contributed by atoms with Gasteiger partial charge in [0.15, 0.2) is 0 Å². The fourth-order valence-electron chi connectivity index (χ4n) is 0.984. The van der Waals surface area contributed by atoms with Crippen LogP contribution in [0.25, 0.3) is 0 Å². The number of hydrogen-bond donors (Lipinski definition) is 3. The number of hydrogen-bond acceptors (Lipinski definition) is 3. The second-order valence-corrected chi connectivity index (χ2v) is 4.25. The zero-order chi connectivity index (χ0) is 12.8. The second-order valence-electron chi connectivity index (χ2n) is 4.25. The Bertz CT molecular complexity index is 302. The molecule has 0 radical (unpaired) electrons. The van der Waals surface area contributed by atoms with Crippen molar-refractivity contribution in [2.24, 2.45) is 16.5 Å². The molecule has 0 aromatic heterocycles. The molecule has 92 valence electrons. The lowest BCUT2D eigenvalue weighted by atomic mass is 9.97. The van der Waals surface area contributed by atoms with Gasteiger partial charge in [0, 0.05) is 6.54 Å². The molecular formula is C11H21N3O2. The van der Waals surface area contributed by atoms with Crippen molar-refractivity contribution in [3.63, 3.8) is 0 Å². The first kappa shape index (κ1) is 14.6. The van der Waals surface area contributed by atoms with Crippen molar-refractivity contribution in [2.45, 2.75) is 39.2 Å². The Morgan fingerprint density at radius 2 is 2.06 bits per heavy atom. The summed E-state index contributed by atoms with van der Waals surface area (Å²) in [5.74, 6) is -0.436. The maximum atomic E-state index is 10.7. The minimum absolute atomic E-state index is 0.319. The van der Waals surface area contributed by atoms with Gasteiger partial charge in [-0.15, -0.1) is 0 Å². The molecule has 0 rings (SSSR count). The van der Waals surface area contributed by atoms with Gasteiger partial charge in [0.2, 0.25) is 0 Å². The molecule has 0 aliphatic rings. The Hall–Kier alpha value is -1.36. The van der Waals surface area contributed by atoms with Crippen LogP contribution in [0.15, 0.2) is 16.6 Å². The summed E-state index contributed by atoms with van der Waals surface area (Å²) >= 11 is 0. The van der Waals surface area contributed by atoms with Crippen LogP contribution in [0.3, 0.4) is 0 Å². The molecule has 5 heteroatoms. The first-order valence-electron chi connectivity index (χ1n) is 5.20. The third-order valence-electron chi connectivity index (χ3n) is 2.23. The van der Waals surface area contributed by atoms with E-state index in [2.05, 4.69) is 4.99 Å². The van der Waals surface area contributed by atoms with E-state index < -0.39 is 11.5 Å². The summed E-state index contributed by atoms with van der Waals surface area (Å²) in [7, 11) is 0. The minimum atomic E-state index is -1.20. The van der Waals surface area contributed by atoms with Gasteiger partial charge in [-0.05, 0) is 33.6 Å². The van der Waals surface area contributed by atoms with Gasteiger partial charge in [-0.1, -0.05) is 11.6 Å². The summed E-state index contributed by atoms with van der Waals surface area (Å²) in [5.41, 5.74) is 10.9. The molecule has 0 heterocycles. The average Bonchev–Trinajstić information content (AvgIpc) is 2.14. The van der Waals surface area contributed by atoms with Crippen molar-refractivity contribution in [3.8, 4) is 0 Å². The van der Waals surface area contributed by atoms with E-state index in [-0.39, 0.29) is 0 Å². The van der Waals surface area contributed by atoms with Crippen molar-refractivity contribution in [3.05, 3.63) is 11.6 Å². The fraction of sp³-hybridized carbons (Fsp3) is 0.636. The van der Waals surface area contributed by atoms with Gasteiger partial charge in [-0.2, -0.15) is 0 Å². The van der Waals surface area contributed by atoms with Gasteiger partial charge in [-0.25, -0.2) is 0 Å². The Balaban J connectivity index is 4.15. The SMILES string of the molecule is CC(=CCC(C)(N)C(=O)O)CCN=C(C)N. The highest BCUT2D eigenvalue weighted by Gasteiger charge is 2.25. The normalized spacial score (nSPS) is 17.0. The monoisotopic (exact) mass is 227 g/mol. The van der Waals surface area contributed by atoms with Crippen LogP contribution in [0.5, 0.6) is 0 Å². The first-order valence-corrected chi connectivity index (χ1v) is 5.20. The smallest absolute Gasteiger partial charge is 0.323 e. The maximum Gasteiger partial charge on any atom is 0.323 e. The van der Waals surface area contributed by atoms with E-state index in [9.17, 15) is 4.79 Å². The van der Waals surface area contributed by atoms with E-state index in [4.69, 9.17) is 16.6 Å². The molecule has 0 amide bonds. The van der Waals surface area contributed by atoms with Crippen molar-refractivity contribution in [1.82, 2.24) is 0 Å². The summed E-state index contributed by atoms with van der Waals surface area (Å²) in [6, 6.07) is 0. The molecule has 0 aromatic carbocycles. The highest BCUT2D eigenvalue weighted by atomic mass is 16.4. The van der Waals surface area contributed by atoms with Crippen LogP contribution in [0, 0.1) is 0 Å². The standard InChI is InChI=1S/C11H21N3O2/c1-8(5-7-14-9(2)12)4-6-11(3,13)10(15)16/h4H,5-7,13H2,1-3H3,(H2,12,14)(H,15,16). The molecule has 0 saturated heterocycles. The summed E-state index contributed by atoms with van der Waals surface area (Å²) < 4.78 is 0. The Morgan fingerprint density at radius 3 is 2.50 bits per heavy atom. The van der Waals surface area contributed by atoms with Gasteiger partial charge in [-0.3, -0.25) is 9.79 Å². The van der Waals surface area contributed by atoms with Gasteiger partial charge < -0.3 is 16.6 Å². The summed E-state index contributed by atoms with van der Waals surface area (Å²) in [4.78, 5) is 14.8. The first-order chi connectivity index (χ1) is 7.25. The molecule has 0 saturated carbocycles. The number of rotatable bonds is 6. The molecule has 0 aliphatic heterocycles. The zero-order valence-corrected chi connectivity index (χ0v) is 10.2. The molecule has 16 heavy (non-hydrogen) atoms. The van der Waals surface area contributed by atoms with Crippen molar-refractivity contribution in [1.29, 1.82) is 0 Å². The van der Waals surface area contributed by atoms with Gasteiger partial charge in [0.1, 0.15) is 5.54 Å². The average molecular weight is 227 g/mol. The number of carbonyl (C=O) groups is 1. The van der Waals surface area contributed by atoms with Crippen LogP contribution < -0.4 is 11.5 Å². The summed E-state index contributed by atoms with van der Waals surface area (Å²) in [5, 5.41) is 8.81. The van der Waals surface area contributed by atoms with Crippen LogP contribution in [-0.4, -0.2) is 29.0 Å². The maximum absolute atomic E-state index is 10.7. The van der Waals surface area contributed by atoms with Crippen molar-refractivity contribution < 1.29 is 9.90 Å². The Kier molecular flexibility index (Phi) is 5.74. The second kappa shape index (κ2) is 6.27. The molecular weight excluding hydrogens is 206 g/mol. The molecule has 0 bridgehead atoms. The van der Waals surface area contributed by atoms with E-state index in [0.717, 1.165) is 12.0 Å². The van der Waals surface area contributed by atoms with Gasteiger partial charge >= 0.3 is 5.97 Å². The third-order valence-corrected chi connectivity index (χ3v) is 2.23. The molecule has 5 nitrogen and oxygen atoms in total. The van der Waals surface area contributed by atoms with E-state index in [1.165, 1.54) is 6.92 Å². The number of carboxylic acids is 1. The van der Waals surface area contributed by atoms with Crippen molar-refractivity contribution >= 4 is 11.8 Å². The topological polar surface area (TPSA) is 102 Å². The number of aliphatic carboxylic acids is 1. The molecule has 0 spiro atoms. The van der Waals surface area contributed by atoms with Gasteiger partial charge in [0.25, 0.3) is 0 Å². The quantitative estimate of drug-likeness (QED) is 0.356. The fourth-order valence-corrected chi connectivity index (χ4v) is 0.984. The molecule has 0 aromatic rings. The van der Waals surface area contributed by atoms with E-state index in [1.54, 1.807) is 6.92 Å². The summed E-state index contributed by atoms with van der Waals surface area (Å²) in [6.45, 7) is 5.79. The molecule has 0 aliphatic carbocycles. The highest BCUT2D eigenvalue weighted by molar-refractivity contribution is 5.78. The number of amidine groups is 1. The number of aliphatic imine (C=N–C) groups is 1. The van der Waals surface area contributed by atoms with E-state index >= 15 is 0 Å². The lowest BCUT2D eigenvalue weighted by molar-refractivity contribution is -0.142. The van der Waals surface area contributed by atoms with E-state index in [1.807, 2.05) is 13.0 Å². The lowest BCUT2D eigenvalue weighted by Gasteiger charge is -2.16. The molecule has 1 unspecified atom stereocenters. The van der Waals surface area contributed by atoms with Crippen LogP contribution in [0.2, 0.25) is 0 Å². The zero-order valence-electron chi connectivity index (χ0n) is 10.2. The minimum Gasteiger partial charge on any atom is -0.480 e. The molecule has 1 atom stereocenters. The third kappa shape index (κ3) is 6.19. The predicted molar refractivity (Wildman–Crippen MR) is 65.4 cm³/mol. The van der Waals surface area contributed by atoms with Crippen LogP contribution in [0.4, 0.5) is 0 Å². The number of nitrogens with zero attached hydrogens (tertiary/aromatic N) is 1. The van der Waals surface area contributed by atoms with E-state index in [0.29, 0.717) is 18.8 Å². The molecule has 5 N–H and O–H groups in total. The highest BCUT2D eigenvalue weighted by Crippen LogP contribution is 2.10. The van der Waals surface area contributed by atoms with Crippen molar-refractivity contribution in [2.75, 3.05) is 6.54 Å². The van der Waals surface area contributed by atoms with Crippen LogP contribution in [-0.2, 0) is 4.79 Å². The predicted octanol–water partition coefficient (Wildman–Crippen LogP) is 0.892. The Labute approximate surface area is 96.2 Å². The van der Waals surface area contributed by atoms with Crippen LogP contribution in [0.1, 0.15) is 33.6 Å². The largest absolute Gasteiger partial charge is 0.480 e. The lowest BCUT2D eigenvalue weighted by Crippen LogP contribution is -2.44. The Morgan fingerprint density at radius 1 is 1.50 bits per heavy atom. The number of nitrogens with two attached hydrogens (primary N) is 2. The summed E-state index contributed by atoms with van der Waals surface area (Å²) in [6.07, 6.45) is 2.93. The van der Waals surface area contributed by atoms with Crippen LogP contribution >= 0.6 is 0 Å².